The smallest absolute Gasteiger partial charge is 0.0683 e. The number of nitrogens with zero attached hydrogens (tertiary/aromatic N) is 1. The normalized spacial score (nSPS) is 30.0. The molecule has 0 saturated heterocycles. The Kier molecular flexibility index (Phi) is 13.0. The number of benzene rings is 1. The van der Waals surface area contributed by atoms with E-state index in [1.54, 1.807) is 0 Å². The van der Waals surface area contributed by atoms with E-state index in [4.69, 9.17) is 11.3 Å². The molecular formula is C40H61NO. The average molecular weight is 572 g/mol. The SMILES string of the molecule is C.C=C(C1CCCCC=CC1C)N(/C(C)=C/C=C\C/C=C/C)C(C)c1ccc(CC2CC2CCC2CC2(C)OC)cc1. The van der Waals surface area contributed by atoms with Crippen LogP contribution in [0.15, 0.2) is 84.8 Å². The van der Waals surface area contributed by atoms with Crippen LogP contribution in [0.2, 0.25) is 0 Å². The highest BCUT2D eigenvalue weighted by Crippen LogP contribution is 2.52. The molecule has 0 aliphatic heterocycles. The van der Waals surface area contributed by atoms with Crippen molar-refractivity contribution in [3.63, 3.8) is 0 Å². The zero-order valence-electron chi connectivity index (χ0n) is 26.9. The lowest BCUT2D eigenvalue weighted by molar-refractivity contribution is 0.0798. The maximum atomic E-state index is 5.68. The van der Waals surface area contributed by atoms with Crippen molar-refractivity contribution >= 4 is 0 Å². The monoisotopic (exact) mass is 571 g/mol. The fourth-order valence-corrected chi connectivity index (χ4v) is 7.15. The number of methoxy groups -OCH3 is 1. The van der Waals surface area contributed by atoms with Crippen molar-refractivity contribution in [2.75, 3.05) is 7.11 Å². The van der Waals surface area contributed by atoms with Crippen molar-refractivity contribution < 1.29 is 4.74 Å². The Morgan fingerprint density at radius 1 is 1.14 bits per heavy atom. The molecule has 7 unspecified atom stereocenters. The van der Waals surface area contributed by atoms with Crippen LogP contribution in [0.1, 0.15) is 117 Å². The van der Waals surface area contributed by atoms with Crippen molar-refractivity contribution in [2.24, 2.45) is 29.6 Å². The van der Waals surface area contributed by atoms with E-state index in [-0.39, 0.29) is 19.1 Å². The van der Waals surface area contributed by atoms with Crippen molar-refractivity contribution in [3.05, 3.63) is 95.9 Å². The molecule has 0 heterocycles. The van der Waals surface area contributed by atoms with Gasteiger partial charge in [0, 0.05) is 24.4 Å². The second-order valence-corrected chi connectivity index (χ2v) is 13.5. The second kappa shape index (κ2) is 15.9. The topological polar surface area (TPSA) is 12.5 Å². The third kappa shape index (κ3) is 9.09. The summed E-state index contributed by atoms with van der Waals surface area (Å²) in [7, 11) is 1.87. The summed E-state index contributed by atoms with van der Waals surface area (Å²) in [5.41, 5.74) is 5.57. The van der Waals surface area contributed by atoms with Crippen LogP contribution in [-0.4, -0.2) is 17.6 Å². The minimum atomic E-state index is 0. The fraction of sp³-hybridized carbons (Fsp3) is 0.600. The van der Waals surface area contributed by atoms with Gasteiger partial charge in [0.2, 0.25) is 0 Å². The number of rotatable bonds is 14. The Balaban J connectivity index is 0.00000484. The van der Waals surface area contributed by atoms with Gasteiger partial charge in [-0.15, -0.1) is 0 Å². The minimum absolute atomic E-state index is 0. The van der Waals surface area contributed by atoms with Crippen LogP contribution in [-0.2, 0) is 11.2 Å². The molecule has 42 heavy (non-hydrogen) atoms. The Morgan fingerprint density at radius 3 is 2.60 bits per heavy atom. The molecule has 7 atom stereocenters. The van der Waals surface area contributed by atoms with Crippen LogP contribution >= 0.6 is 0 Å². The van der Waals surface area contributed by atoms with Gasteiger partial charge in [0.25, 0.3) is 0 Å². The van der Waals surface area contributed by atoms with E-state index in [0.29, 0.717) is 11.8 Å². The minimum Gasteiger partial charge on any atom is -0.378 e. The third-order valence-electron chi connectivity index (χ3n) is 10.4. The molecule has 1 aromatic carbocycles. The molecule has 0 aromatic heterocycles. The quantitative estimate of drug-likeness (QED) is 0.163. The van der Waals surface area contributed by atoms with Crippen LogP contribution in [0.5, 0.6) is 0 Å². The molecular weight excluding hydrogens is 510 g/mol. The van der Waals surface area contributed by atoms with Gasteiger partial charge in [-0.1, -0.05) is 88.1 Å². The van der Waals surface area contributed by atoms with Crippen LogP contribution in [0.4, 0.5) is 0 Å². The van der Waals surface area contributed by atoms with Gasteiger partial charge in [-0.05, 0) is 126 Å². The average Bonchev–Trinajstić information content (AvgIpc) is 3.86. The largest absolute Gasteiger partial charge is 0.378 e. The summed E-state index contributed by atoms with van der Waals surface area (Å²) in [4.78, 5) is 2.52. The zero-order chi connectivity index (χ0) is 29.4. The number of ether oxygens (including phenoxy) is 1. The Bertz CT molecular complexity index is 1110. The lowest BCUT2D eigenvalue weighted by atomic mass is 9.83. The van der Waals surface area contributed by atoms with E-state index in [1.807, 2.05) is 7.11 Å². The van der Waals surface area contributed by atoms with Gasteiger partial charge in [-0.25, -0.2) is 0 Å². The molecule has 2 nitrogen and oxygen atoms in total. The first-order valence-corrected chi connectivity index (χ1v) is 16.5. The summed E-state index contributed by atoms with van der Waals surface area (Å²) in [6.45, 7) is 16.1. The summed E-state index contributed by atoms with van der Waals surface area (Å²) in [6.07, 6.45) is 28.4. The highest BCUT2D eigenvalue weighted by Gasteiger charge is 2.51. The Hall–Kier alpha value is -2.32. The fourth-order valence-electron chi connectivity index (χ4n) is 7.15. The number of hydrogen-bond acceptors (Lipinski definition) is 2. The summed E-state index contributed by atoms with van der Waals surface area (Å²) in [5.74, 6) is 3.55. The molecule has 232 valence electrons. The van der Waals surface area contributed by atoms with Crippen molar-refractivity contribution in [1.82, 2.24) is 4.90 Å². The molecule has 0 amide bonds. The summed E-state index contributed by atoms with van der Waals surface area (Å²) >= 11 is 0. The summed E-state index contributed by atoms with van der Waals surface area (Å²) in [6, 6.07) is 9.77. The van der Waals surface area contributed by atoms with Crippen molar-refractivity contribution in [2.45, 2.75) is 118 Å². The highest BCUT2D eigenvalue weighted by molar-refractivity contribution is 5.29. The van der Waals surface area contributed by atoms with Crippen LogP contribution in [0.3, 0.4) is 0 Å². The first-order chi connectivity index (χ1) is 19.8. The third-order valence-corrected chi connectivity index (χ3v) is 10.4. The maximum Gasteiger partial charge on any atom is 0.0683 e. The van der Waals surface area contributed by atoms with Crippen molar-refractivity contribution in [3.8, 4) is 0 Å². The van der Waals surface area contributed by atoms with Crippen LogP contribution in [0, 0.1) is 29.6 Å². The summed E-state index contributed by atoms with van der Waals surface area (Å²) in [5, 5.41) is 0. The highest BCUT2D eigenvalue weighted by atomic mass is 16.5. The van der Waals surface area contributed by atoms with E-state index in [1.165, 1.54) is 80.3 Å². The lowest BCUT2D eigenvalue weighted by Crippen LogP contribution is -2.30. The van der Waals surface area contributed by atoms with Gasteiger partial charge in [0.15, 0.2) is 0 Å². The van der Waals surface area contributed by atoms with Gasteiger partial charge in [0.1, 0.15) is 0 Å². The van der Waals surface area contributed by atoms with Gasteiger partial charge < -0.3 is 9.64 Å². The van der Waals surface area contributed by atoms with E-state index >= 15 is 0 Å². The predicted molar refractivity (Wildman–Crippen MR) is 183 cm³/mol. The van der Waals surface area contributed by atoms with Gasteiger partial charge in [0.05, 0.1) is 11.6 Å². The molecule has 0 bridgehead atoms. The molecule has 2 saturated carbocycles. The molecule has 1 aromatic rings. The number of allylic oxidation sites excluding steroid dienone is 9. The van der Waals surface area contributed by atoms with Gasteiger partial charge in [-0.2, -0.15) is 0 Å². The standard InChI is InChI=1S/C39H57NO.CH4/c1-8-9-10-11-15-18-30(3)40(32(5)38-19-16-13-12-14-17-29(38)2)31(4)34-22-20-33(21-23-34)26-36-27-35(36)24-25-37-28-39(37,6)41-7;/h8-9,11,14-15,17-18,20-23,29,31,35-38H,5,10,12-13,16,19,24-28H2,1-4,6-7H3;1H4/b9-8+,15-11-,17-14?,30-18+;. The zero-order valence-corrected chi connectivity index (χ0v) is 26.9. The molecule has 0 N–H and O–H groups in total. The molecule has 3 aliphatic rings. The first kappa shape index (κ1) is 34.2. The van der Waals surface area contributed by atoms with E-state index in [2.05, 4.69) is 106 Å². The maximum absolute atomic E-state index is 5.68. The molecule has 0 radical (unpaired) electrons. The Morgan fingerprint density at radius 2 is 1.90 bits per heavy atom. The van der Waals surface area contributed by atoms with Crippen LogP contribution in [0.25, 0.3) is 0 Å². The summed E-state index contributed by atoms with van der Waals surface area (Å²) < 4.78 is 5.68. The number of hydrogen-bond donors (Lipinski definition) is 0. The Labute approximate surface area is 259 Å². The van der Waals surface area contributed by atoms with E-state index in [9.17, 15) is 0 Å². The van der Waals surface area contributed by atoms with Crippen LogP contribution < -0.4 is 0 Å². The molecule has 3 aliphatic carbocycles. The van der Waals surface area contributed by atoms with Crippen molar-refractivity contribution in [1.29, 1.82) is 0 Å². The molecule has 4 rings (SSSR count). The molecule has 2 fully saturated rings. The van der Waals surface area contributed by atoms with Gasteiger partial charge >= 0.3 is 0 Å². The van der Waals surface area contributed by atoms with E-state index in [0.717, 1.165) is 24.2 Å². The van der Waals surface area contributed by atoms with E-state index < -0.39 is 0 Å². The first-order valence-electron chi connectivity index (χ1n) is 16.5. The van der Waals surface area contributed by atoms with Gasteiger partial charge in [-0.3, -0.25) is 0 Å². The lowest BCUT2D eigenvalue weighted by Gasteiger charge is -2.39. The second-order valence-electron chi connectivity index (χ2n) is 13.5. The molecule has 2 heteroatoms. The predicted octanol–water partition coefficient (Wildman–Crippen LogP) is 11.4. The molecule has 0 spiro atoms.